The number of aromatic nitrogens is 3. The fraction of sp³-hybridized carbons (Fsp3) is 0.417. The van der Waals surface area contributed by atoms with Crippen LogP contribution < -0.4 is 5.32 Å². The Morgan fingerprint density at radius 2 is 2.11 bits per heavy atom. The van der Waals surface area contributed by atoms with E-state index in [2.05, 4.69) is 27.2 Å². The number of halogens is 1. The average Bonchev–Trinajstić information content (AvgIpc) is 2.77. The molecule has 2 heterocycles. The third kappa shape index (κ3) is 2.79. The molecule has 0 aromatic carbocycles. The van der Waals surface area contributed by atoms with Crippen molar-refractivity contribution in [3.8, 4) is 10.8 Å². The normalized spacial score (nSPS) is 10.7. The third-order valence-corrected chi connectivity index (χ3v) is 3.71. The number of anilines is 1. The maximum atomic E-state index is 5.89. The minimum Gasteiger partial charge on any atom is -0.370 e. The topological polar surface area (TPSA) is 50.7 Å². The first-order valence-electron chi connectivity index (χ1n) is 5.82. The van der Waals surface area contributed by atoms with Crippen LogP contribution in [0, 0.1) is 13.8 Å². The number of hydrogen-bond donors (Lipinski definition) is 1. The molecule has 0 spiro atoms. The van der Waals surface area contributed by atoms with Gasteiger partial charge in [0.15, 0.2) is 10.8 Å². The summed E-state index contributed by atoms with van der Waals surface area (Å²) in [5.41, 5.74) is 2.04. The van der Waals surface area contributed by atoms with E-state index >= 15 is 0 Å². The molecule has 0 amide bonds. The molecule has 0 aliphatic rings. The summed E-state index contributed by atoms with van der Waals surface area (Å²) in [6.45, 7) is 7.02. The number of thiazole rings is 1. The lowest BCUT2D eigenvalue weighted by Gasteiger charge is -2.10. The van der Waals surface area contributed by atoms with Crippen LogP contribution in [0.1, 0.15) is 24.6 Å². The summed E-state index contributed by atoms with van der Waals surface area (Å²) < 4.78 is 0.648. The summed E-state index contributed by atoms with van der Waals surface area (Å²) in [6, 6.07) is 0. The van der Waals surface area contributed by atoms with Crippen LogP contribution in [0.25, 0.3) is 10.8 Å². The molecule has 0 saturated carbocycles. The molecule has 2 aromatic heterocycles. The summed E-state index contributed by atoms with van der Waals surface area (Å²) in [4.78, 5) is 13.2. The van der Waals surface area contributed by atoms with Crippen molar-refractivity contribution >= 4 is 28.8 Å². The molecule has 0 bridgehead atoms. The Kier molecular flexibility index (Phi) is 4.14. The molecule has 0 unspecified atom stereocenters. The zero-order valence-corrected chi connectivity index (χ0v) is 12.2. The number of aryl methyl sites for hydroxylation is 1. The van der Waals surface area contributed by atoms with Gasteiger partial charge in [0.05, 0.1) is 6.20 Å². The summed E-state index contributed by atoms with van der Waals surface area (Å²) in [6.07, 6.45) is 2.68. The molecule has 18 heavy (non-hydrogen) atoms. The van der Waals surface area contributed by atoms with Crippen molar-refractivity contribution in [3.63, 3.8) is 0 Å². The Morgan fingerprint density at radius 1 is 1.33 bits per heavy atom. The lowest BCUT2D eigenvalue weighted by molar-refractivity contribution is 0.954. The predicted molar refractivity (Wildman–Crippen MR) is 76.4 cm³/mol. The quantitative estimate of drug-likeness (QED) is 0.929. The first-order chi connectivity index (χ1) is 8.61. The van der Waals surface area contributed by atoms with E-state index in [-0.39, 0.29) is 0 Å². The van der Waals surface area contributed by atoms with E-state index in [0.717, 1.165) is 35.0 Å². The standard InChI is InChI=1S/C12H15ClN4S/c1-4-5-14-10-7(2)8(3)16-11(17-10)12-15-6-9(13)18-12/h6H,4-5H2,1-3H3,(H,14,16,17). The van der Waals surface area contributed by atoms with Crippen molar-refractivity contribution in [2.24, 2.45) is 0 Å². The Morgan fingerprint density at radius 3 is 2.72 bits per heavy atom. The van der Waals surface area contributed by atoms with Gasteiger partial charge in [0.1, 0.15) is 10.2 Å². The molecule has 96 valence electrons. The lowest BCUT2D eigenvalue weighted by Crippen LogP contribution is -2.07. The van der Waals surface area contributed by atoms with Crippen molar-refractivity contribution in [3.05, 3.63) is 21.8 Å². The SMILES string of the molecule is CCCNc1nc(-c2ncc(Cl)s2)nc(C)c1C. The molecule has 2 rings (SSSR count). The highest BCUT2D eigenvalue weighted by atomic mass is 35.5. The Balaban J connectivity index is 2.40. The number of nitrogens with one attached hydrogen (secondary N) is 1. The van der Waals surface area contributed by atoms with Crippen LogP contribution in [0.4, 0.5) is 5.82 Å². The molecule has 0 radical (unpaired) electrons. The van der Waals surface area contributed by atoms with Gasteiger partial charge in [-0.1, -0.05) is 29.9 Å². The van der Waals surface area contributed by atoms with Gasteiger partial charge >= 0.3 is 0 Å². The van der Waals surface area contributed by atoms with Gasteiger partial charge in [0.25, 0.3) is 0 Å². The van der Waals surface area contributed by atoms with Crippen LogP contribution in [-0.2, 0) is 0 Å². The summed E-state index contributed by atoms with van der Waals surface area (Å²) in [5, 5.41) is 4.07. The molecular formula is C12H15ClN4S. The van der Waals surface area contributed by atoms with E-state index < -0.39 is 0 Å². The Bertz CT molecular complexity index is 553. The molecule has 6 heteroatoms. The Labute approximate surface area is 115 Å². The van der Waals surface area contributed by atoms with E-state index in [4.69, 9.17) is 11.6 Å². The van der Waals surface area contributed by atoms with Gasteiger partial charge in [-0.2, -0.15) is 0 Å². The molecular weight excluding hydrogens is 268 g/mol. The number of nitrogens with zero attached hydrogens (tertiary/aromatic N) is 3. The molecule has 0 atom stereocenters. The van der Waals surface area contributed by atoms with Crippen LogP contribution >= 0.6 is 22.9 Å². The average molecular weight is 283 g/mol. The van der Waals surface area contributed by atoms with Gasteiger partial charge in [-0.15, -0.1) is 0 Å². The van der Waals surface area contributed by atoms with Gasteiger partial charge in [0.2, 0.25) is 0 Å². The van der Waals surface area contributed by atoms with Gasteiger partial charge < -0.3 is 5.32 Å². The summed E-state index contributed by atoms with van der Waals surface area (Å²) in [5.74, 6) is 1.51. The Hall–Kier alpha value is -1.20. The lowest BCUT2D eigenvalue weighted by atomic mass is 10.2. The smallest absolute Gasteiger partial charge is 0.190 e. The second-order valence-electron chi connectivity index (χ2n) is 4.00. The van der Waals surface area contributed by atoms with Crippen LogP contribution in [0.2, 0.25) is 4.34 Å². The largest absolute Gasteiger partial charge is 0.370 e. The van der Waals surface area contributed by atoms with Crippen LogP contribution in [0.15, 0.2) is 6.20 Å². The van der Waals surface area contributed by atoms with Crippen molar-refractivity contribution in [2.75, 3.05) is 11.9 Å². The van der Waals surface area contributed by atoms with E-state index in [1.165, 1.54) is 11.3 Å². The van der Waals surface area contributed by atoms with Gasteiger partial charge in [0, 0.05) is 17.8 Å². The third-order valence-electron chi connectivity index (χ3n) is 2.60. The monoisotopic (exact) mass is 282 g/mol. The van der Waals surface area contributed by atoms with Crippen molar-refractivity contribution < 1.29 is 0 Å². The molecule has 4 nitrogen and oxygen atoms in total. The van der Waals surface area contributed by atoms with Crippen molar-refractivity contribution in [1.82, 2.24) is 15.0 Å². The van der Waals surface area contributed by atoms with E-state index in [9.17, 15) is 0 Å². The minimum absolute atomic E-state index is 0.633. The zero-order chi connectivity index (χ0) is 13.1. The molecule has 1 N–H and O–H groups in total. The molecule has 0 saturated heterocycles. The van der Waals surface area contributed by atoms with E-state index in [0.29, 0.717) is 10.2 Å². The molecule has 0 fully saturated rings. The second kappa shape index (κ2) is 5.63. The minimum atomic E-state index is 0.633. The second-order valence-corrected chi connectivity index (χ2v) is 5.66. The first-order valence-corrected chi connectivity index (χ1v) is 7.02. The van der Waals surface area contributed by atoms with Crippen molar-refractivity contribution in [2.45, 2.75) is 27.2 Å². The van der Waals surface area contributed by atoms with Crippen molar-refractivity contribution in [1.29, 1.82) is 0 Å². The van der Waals surface area contributed by atoms with Gasteiger partial charge in [-0.3, -0.25) is 0 Å². The summed E-state index contributed by atoms with van der Waals surface area (Å²) in [7, 11) is 0. The highest BCUT2D eigenvalue weighted by molar-refractivity contribution is 7.18. The highest BCUT2D eigenvalue weighted by Gasteiger charge is 2.12. The maximum absolute atomic E-state index is 5.89. The first kappa shape index (κ1) is 13.2. The predicted octanol–water partition coefficient (Wildman–Crippen LogP) is 3.69. The van der Waals surface area contributed by atoms with E-state index in [1.54, 1.807) is 6.20 Å². The van der Waals surface area contributed by atoms with Crippen LogP contribution in [0.3, 0.4) is 0 Å². The van der Waals surface area contributed by atoms with Gasteiger partial charge in [-0.25, -0.2) is 15.0 Å². The summed E-state index contributed by atoms with van der Waals surface area (Å²) >= 11 is 7.28. The molecule has 2 aromatic rings. The fourth-order valence-corrected chi connectivity index (χ4v) is 2.34. The van der Waals surface area contributed by atoms with Crippen LogP contribution in [0.5, 0.6) is 0 Å². The van der Waals surface area contributed by atoms with Gasteiger partial charge in [-0.05, 0) is 20.3 Å². The molecule has 0 aliphatic carbocycles. The van der Waals surface area contributed by atoms with E-state index in [1.807, 2.05) is 13.8 Å². The zero-order valence-electron chi connectivity index (χ0n) is 10.6. The highest BCUT2D eigenvalue weighted by Crippen LogP contribution is 2.27. The number of rotatable bonds is 4. The van der Waals surface area contributed by atoms with Crippen LogP contribution in [-0.4, -0.2) is 21.5 Å². The number of hydrogen-bond acceptors (Lipinski definition) is 5. The maximum Gasteiger partial charge on any atom is 0.190 e. The fourth-order valence-electron chi connectivity index (χ4n) is 1.50. The molecule has 0 aliphatic heterocycles.